The second-order valence-electron chi connectivity index (χ2n) is 7.05. The fraction of sp³-hybridized carbons (Fsp3) is 0.136. The molecule has 0 saturated carbocycles. The van der Waals surface area contributed by atoms with E-state index in [0.29, 0.717) is 11.1 Å². The summed E-state index contributed by atoms with van der Waals surface area (Å²) in [6.45, 7) is 3.24. The van der Waals surface area contributed by atoms with Gasteiger partial charge >= 0.3 is 6.01 Å². The smallest absolute Gasteiger partial charge is 0.322 e. The molecule has 0 bridgehead atoms. The average Bonchev–Trinajstić information content (AvgIpc) is 3.22. The van der Waals surface area contributed by atoms with Crippen molar-refractivity contribution < 1.29 is 17.6 Å². The molecule has 1 heterocycles. The Kier molecular flexibility index (Phi) is 5.09. The van der Waals surface area contributed by atoms with Crippen LogP contribution < -0.4 is 5.32 Å². The van der Waals surface area contributed by atoms with Gasteiger partial charge in [0.15, 0.2) is 9.84 Å². The van der Waals surface area contributed by atoms with E-state index in [0.717, 1.165) is 10.8 Å². The van der Waals surface area contributed by atoms with Gasteiger partial charge in [-0.2, -0.15) is 0 Å². The maximum absolute atomic E-state index is 12.5. The molecule has 1 aromatic heterocycles. The number of hydrogen-bond acceptors (Lipinski definition) is 6. The van der Waals surface area contributed by atoms with Gasteiger partial charge in [0.1, 0.15) is 0 Å². The summed E-state index contributed by atoms with van der Waals surface area (Å²) in [7, 11) is -3.43. The maximum Gasteiger partial charge on any atom is 0.322 e. The normalized spacial score (nSPS) is 11.7. The molecule has 0 unspecified atom stereocenters. The van der Waals surface area contributed by atoms with Gasteiger partial charge in [0.25, 0.3) is 5.91 Å². The molecular weight excluding hydrogens is 402 g/mol. The topological polar surface area (TPSA) is 102 Å². The van der Waals surface area contributed by atoms with Crippen LogP contribution in [0.15, 0.2) is 76.0 Å². The van der Waals surface area contributed by atoms with E-state index < -0.39 is 15.1 Å². The number of rotatable bonds is 5. The Morgan fingerprint density at radius 1 is 0.933 bits per heavy atom. The zero-order chi connectivity index (χ0) is 21.3. The first-order valence-corrected chi connectivity index (χ1v) is 10.9. The SMILES string of the molecule is CC(C)S(=O)(=O)c1cccc(-c2nnc(NC(=O)c3ccc4ccccc4c3)o2)c1. The average molecular weight is 421 g/mol. The largest absolute Gasteiger partial charge is 0.403 e. The molecule has 8 heteroatoms. The lowest BCUT2D eigenvalue weighted by molar-refractivity contribution is 0.102. The summed E-state index contributed by atoms with van der Waals surface area (Å²) >= 11 is 0. The lowest BCUT2D eigenvalue weighted by Gasteiger charge is -2.08. The Hall–Kier alpha value is -3.52. The first kappa shape index (κ1) is 19.8. The Labute approximate surface area is 173 Å². The number of anilines is 1. The molecular formula is C22H19N3O4S. The van der Waals surface area contributed by atoms with E-state index in [-0.39, 0.29) is 22.7 Å². The molecule has 152 valence electrons. The predicted octanol–water partition coefficient (Wildman–Crippen LogP) is 4.32. The van der Waals surface area contributed by atoms with Gasteiger partial charge in [-0.3, -0.25) is 10.1 Å². The van der Waals surface area contributed by atoms with Gasteiger partial charge in [0.2, 0.25) is 5.89 Å². The molecule has 0 saturated heterocycles. The molecule has 0 aliphatic heterocycles. The molecule has 0 fully saturated rings. The van der Waals surface area contributed by atoms with Gasteiger partial charge < -0.3 is 4.42 Å². The van der Waals surface area contributed by atoms with Gasteiger partial charge in [-0.15, -0.1) is 5.10 Å². The van der Waals surface area contributed by atoms with Crippen LogP contribution in [-0.4, -0.2) is 29.8 Å². The molecule has 1 N–H and O–H groups in total. The van der Waals surface area contributed by atoms with Crippen LogP contribution in [0.5, 0.6) is 0 Å². The van der Waals surface area contributed by atoms with E-state index in [4.69, 9.17) is 4.42 Å². The van der Waals surface area contributed by atoms with E-state index in [1.54, 1.807) is 38.1 Å². The van der Waals surface area contributed by atoms with Crippen molar-refractivity contribution in [2.75, 3.05) is 5.32 Å². The van der Waals surface area contributed by atoms with E-state index >= 15 is 0 Å². The summed E-state index contributed by atoms with van der Waals surface area (Å²) in [5.74, 6) is -0.267. The lowest BCUT2D eigenvalue weighted by Crippen LogP contribution is -2.13. The van der Waals surface area contributed by atoms with E-state index in [1.807, 2.05) is 30.3 Å². The Morgan fingerprint density at radius 3 is 2.47 bits per heavy atom. The summed E-state index contributed by atoms with van der Waals surface area (Å²) in [6, 6.07) is 19.3. The Bertz CT molecular complexity index is 1340. The standard InChI is InChI=1S/C22H19N3O4S/c1-14(2)30(27,28)19-9-5-8-18(13-19)21-24-25-22(29-21)23-20(26)17-11-10-15-6-3-4-7-16(15)12-17/h3-14H,1-2H3,(H,23,25,26). The van der Waals surface area contributed by atoms with Crippen LogP contribution in [0.25, 0.3) is 22.2 Å². The molecule has 0 spiro atoms. The highest BCUT2D eigenvalue weighted by Crippen LogP contribution is 2.25. The summed E-state index contributed by atoms with van der Waals surface area (Å²) in [5, 5.41) is 11.8. The number of sulfone groups is 1. The van der Waals surface area contributed by atoms with Gasteiger partial charge in [-0.05, 0) is 55.0 Å². The highest BCUT2D eigenvalue weighted by molar-refractivity contribution is 7.92. The van der Waals surface area contributed by atoms with Gasteiger partial charge in [0, 0.05) is 11.1 Å². The van der Waals surface area contributed by atoms with Gasteiger partial charge in [0.05, 0.1) is 10.1 Å². The van der Waals surface area contributed by atoms with Crippen LogP contribution in [0.4, 0.5) is 6.01 Å². The van der Waals surface area contributed by atoms with Crippen LogP contribution in [0.3, 0.4) is 0 Å². The molecule has 1 amide bonds. The zero-order valence-electron chi connectivity index (χ0n) is 16.4. The first-order valence-electron chi connectivity index (χ1n) is 9.32. The highest BCUT2D eigenvalue weighted by atomic mass is 32.2. The molecule has 0 aliphatic carbocycles. The minimum atomic E-state index is -3.43. The van der Waals surface area contributed by atoms with Crippen molar-refractivity contribution in [3.63, 3.8) is 0 Å². The summed E-state index contributed by atoms with van der Waals surface area (Å²) in [5.41, 5.74) is 0.911. The number of aromatic nitrogens is 2. The molecule has 0 aliphatic rings. The van der Waals surface area contributed by atoms with Crippen molar-refractivity contribution in [2.24, 2.45) is 0 Å². The third-order valence-electron chi connectivity index (χ3n) is 4.69. The Morgan fingerprint density at radius 2 is 1.70 bits per heavy atom. The number of nitrogens with zero attached hydrogens (tertiary/aromatic N) is 2. The van der Waals surface area contributed by atoms with Gasteiger partial charge in [-0.25, -0.2) is 8.42 Å². The third-order valence-corrected chi connectivity index (χ3v) is 6.84. The van der Waals surface area contributed by atoms with E-state index in [9.17, 15) is 13.2 Å². The molecule has 0 radical (unpaired) electrons. The minimum absolute atomic E-state index is 0.0692. The minimum Gasteiger partial charge on any atom is -0.403 e. The van der Waals surface area contributed by atoms with Crippen molar-refractivity contribution in [1.29, 1.82) is 0 Å². The van der Waals surface area contributed by atoms with E-state index in [1.165, 1.54) is 12.1 Å². The fourth-order valence-corrected chi connectivity index (χ4v) is 4.07. The number of hydrogen-bond donors (Lipinski definition) is 1. The van der Waals surface area contributed by atoms with Crippen LogP contribution in [0.1, 0.15) is 24.2 Å². The van der Waals surface area contributed by atoms with Crippen molar-refractivity contribution in [1.82, 2.24) is 10.2 Å². The quantitative estimate of drug-likeness (QED) is 0.515. The van der Waals surface area contributed by atoms with E-state index in [2.05, 4.69) is 15.5 Å². The predicted molar refractivity (Wildman–Crippen MR) is 114 cm³/mol. The molecule has 30 heavy (non-hydrogen) atoms. The lowest BCUT2D eigenvalue weighted by atomic mass is 10.1. The number of carbonyl (C=O) groups excluding carboxylic acids is 1. The first-order chi connectivity index (χ1) is 14.3. The monoisotopic (exact) mass is 421 g/mol. The van der Waals surface area contributed by atoms with Crippen molar-refractivity contribution >= 4 is 32.5 Å². The second-order valence-corrected chi connectivity index (χ2v) is 9.55. The van der Waals surface area contributed by atoms with Crippen LogP contribution in [0, 0.1) is 0 Å². The summed E-state index contributed by atoms with van der Waals surface area (Å²) < 4.78 is 30.3. The van der Waals surface area contributed by atoms with Crippen LogP contribution >= 0.6 is 0 Å². The Balaban J connectivity index is 1.56. The highest BCUT2D eigenvalue weighted by Gasteiger charge is 2.21. The fourth-order valence-electron chi connectivity index (χ4n) is 2.97. The second kappa shape index (κ2) is 7.72. The molecule has 0 atom stereocenters. The number of nitrogens with one attached hydrogen (secondary N) is 1. The number of carbonyl (C=O) groups is 1. The van der Waals surface area contributed by atoms with Crippen molar-refractivity contribution in [3.05, 3.63) is 72.3 Å². The van der Waals surface area contributed by atoms with Crippen LogP contribution in [-0.2, 0) is 9.84 Å². The van der Waals surface area contributed by atoms with Crippen molar-refractivity contribution in [2.45, 2.75) is 24.0 Å². The van der Waals surface area contributed by atoms with Crippen molar-refractivity contribution in [3.8, 4) is 11.5 Å². The summed E-state index contributed by atoms with van der Waals surface area (Å²) in [4.78, 5) is 12.7. The number of fused-ring (bicyclic) bond motifs is 1. The van der Waals surface area contributed by atoms with Gasteiger partial charge in [-0.1, -0.05) is 41.5 Å². The molecule has 3 aromatic carbocycles. The molecule has 7 nitrogen and oxygen atoms in total. The number of benzene rings is 3. The van der Waals surface area contributed by atoms with Crippen LogP contribution in [0.2, 0.25) is 0 Å². The molecule has 4 rings (SSSR count). The molecule has 4 aromatic rings. The summed E-state index contributed by atoms with van der Waals surface area (Å²) in [6.07, 6.45) is 0. The number of amides is 1. The zero-order valence-corrected chi connectivity index (χ0v) is 17.2. The third kappa shape index (κ3) is 3.81. The maximum atomic E-state index is 12.5.